The second-order valence-corrected chi connectivity index (χ2v) is 6.24. The highest BCUT2D eigenvalue weighted by molar-refractivity contribution is 5.94. The monoisotopic (exact) mass is 346 g/mol. The van der Waals surface area contributed by atoms with E-state index in [0.717, 1.165) is 11.1 Å². The van der Waals surface area contributed by atoms with E-state index in [4.69, 9.17) is 5.73 Å². The van der Waals surface area contributed by atoms with Crippen LogP contribution in [-0.2, 0) is 13.1 Å². The smallest absolute Gasteiger partial charge is 0.273 e. The lowest BCUT2D eigenvalue weighted by Gasteiger charge is -2.16. The van der Waals surface area contributed by atoms with Gasteiger partial charge in [-0.15, -0.1) is 0 Å². The van der Waals surface area contributed by atoms with Crippen molar-refractivity contribution in [3.05, 3.63) is 77.5 Å². The predicted octanol–water partition coefficient (Wildman–Crippen LogP) is 3.27. The predicted molar refractivity (Wildman–Crippen MR) is 100 cm³/mol. The molecule has 0 fully saturated rings. The van der Waals surface area contributed by atoms with Gasteiger partial charge in [0.05, 0.1) is 5.69 Å². The number of nitrogens with two attached hydrogens (primary N) is 1. The average Bonchev–Trinajstić information content (AvgIpc) is 3.07. The number of nitrogen functional groups attached to an aromatic ring is 1. The minimum Gasteiger partial charge on any atom is -0.506 e. The van der Waals surface area contributed by atoms with Crippen molar-refractivity contribution in [1.29, 1.82) is 0 Å². The molecule has 0 aliphatic carbocycles. The highest BCUT2D eigenvalue weighted by atomic mass is 16.3. The van der Waals surface area contributed by atoms with Crippen molar-refractivity contribution in [3.8, 4) is 5.75 Å². The van der Waals surface area contributed by atoms with Gasteiger partial charge in [0.1, 0.15) is 17.3 Å². The Kier molecular flexibility index (Phi) is 3.93. The van der Waals surface area contributed by atoms with Gasteiger partial charge in [0, 0.05) is 24.8 Å². The fourth-order valence-electron chi connectivity index (χ4n) is 3.08. The Morgan fingerprint density at radius 3 is 2.38 bits per heavy atom. The Balaban J connectivity index is 1.59. The maximum atomic E-state index is 12.9. The summed E-state index contributed by atoms with van der Waals surface area (Å²) < 4.78 is 0. The largest absolute Gasteiger partial charge is 0.506 e. The van der Waals surface area contributed by atoms with Gasteiger partial charge < -0.3 is 21.1 Å². The summed E-state index contributed by atoms with van der Waals surface area (Å²) in [5.74, 6) is 0.333. The molecule has 1 aliphatic heterocycles. The molecule has 0 spiro atoms. The van der Waals surface area contributed by atoms with Crippen molar-refractivity contribution >= 4 is 23.1 Å². The number of phenolic OH excluding ortho intramolecular Hbond substituents is 1. The molecule has 0 saturated heterocycles. The topological polar surface area (TPSA) is 91.5 Å². The van der Waals surface area contributed by atoms with Crippen LogP contribution in [0, 0.1) is 0 Å². The zero-order valence-corrected chi connectivity index (χ0v) is 14.0. The number of fused-ring (bicyclic) bond motifs is 1. The van der Waals surface area contributed by atoms with E-state index in [1.54, 1.807) is 41.3 Å². The molecule has 0 atom stereocenters. The molecule has 2 heterocycles. The van der Waals surface area contributed by atoms with Gasteiger partial charge in [-0.05, 0) is 29.3 Å². The lowest BCUT2D eigenvalue weighted by atomic mass is 10.1. The summed E-state index contributed by atoms with van der Waals surface area (Å²) in [7, 11) is 0. The molecule has 1 aliphatic rings. The second kappa shape index (κ2) is 6.40. The fraction of sp³-hybridized carbons (Fsp3) is 0.100. The molecule has 0 radical (unpaired) electrons. The van der Waals surface area contributed by atoms with E-state index in [9.17, 15) is 9.90 Å². The number of aromatic nitrogens is 1. The maximum Gasteiger partial charge on any atom is 0.273 e. The van der Waals surface area contributed by atoms with E-state index in [2.05, 4.69) is 10.3 Å². The molecule has 2 aromatic carbocycles. The number of hydrogen-bond donors (Lipinski definition) is 3. The van der Waals surface area contributed by atoms with Crippen molar-refractivity contribution in [2.45, 2.75) is 13.1 Å². The van der Waals surface area contributed by atoms with Gasteiger partial charge >= 0.3 is 0 Å². The molecule has 0 saturated carbocycles. The third-order valence-corrected chi connectivity index (χ3v) is 4.36. The quantitative estimate of drug-likeness (QED) is 0.633. The number of rotatable bonds is 3. The van der Waals surface area contributed by atoms with Gasteiger partial charge in [-0.25, -0.2) is 4.98 Å². The molecule has 26 heavy (non-hydrogen) atoms. The first-order valence-electron chi connectivity index (χ1n) is 8.29. The third kappa shape index (κ3) is 3.04. The number of amides is 1. The Hall–Kier alpha value is -3.54. The van der Waals surface area contributed by atoms with Crippen molar-refractivity contribution < 1.29 is 9.90 Å². The number of phenols is 1. The third-order valence-electron chi connectivity index (χ3n) is 4.36. The summed E-state index contributed by atoms with van der Waals surface area (Å²) in [6, 6.07) is 18.0. The summed E-state index contributed by atoms with van der Waals surface area (Å²) in [5, 5.41) is 12.9. The molecular weight excluding hydrogens is 328 g/mol. The van der Waals surface area contributed by atoms with Crippen LogP contribution >= 0.6 is 0 Å². The lowest BCUT2D eigenvalue weighted by molar-refractivity contribution is 0.0745. The van der Waals surface area contributed by atoms with E-state index in [1.807, 2.05) is 24.3 Å². The van der Waals surface area contributed by atoms with Crippen molar-refractivity contribution in [2.24, 2.45) is 0 Å². The minimum atomic E-state index is -0.172. The van der Waals surface area contributed by atoms with Gasteiger partial charge in [0.15, 0.2) is 0 Å². The first-order valence-corrected chi connectivity index (χ1v) is 8.29. The molecule has 6 heteroatoms. The molecule has 0 bridgehead atoms. The van der Waals surface area contributed by atoms with Gasteiger partial charge in [-0.2, -0.15) is 0 Å². The van der Waals surface area contributed by atoms with E-state index in [-0.39, 0.29) is 17.4 Å². The van der Waals surface area contributed by atoms with Crippen LogP contribution in [0.1, 0.15) is 21.6 Å². The fourth-order valence-corrected chi connectivity index (χ4v) is 3.08. The molecule has 1 aromatic heterocycles. The summed E-state index contributed by atoms with van der Waals surface area (Å²) in [5.41, 5.74) is 9.46. The SMILES string of the molecule is Nc1cc(Nc2ccccc2O)nc(C(=O)N2Cc3ccccc3C2)c1. The van der Waals surface area contributed by atoms with Crippen LogP contribution in [0.3, 0.4) is 0 Å². The van der Waals surface area contributed by atoms with Crippen LogP contribution in [0.2, 0.25) is 0 Å². The Morgan fingerprint density at radius 1 is 1.04 bits per heavy atom. The average molecular weight is 346 g/mol. The molecule has 4 rings (SSSR count). The van der Waals surface area contributed by atoms with Gasteiger partial charge in [-0.3, -0.25) is 4.79 Å². The zero-order valence-electron chi connectivity index (χ0n) is 14.0. The first-order chi connectivity index (χ1) is 12.6. The van der Waals surface area contributed by atoms with Gasteiger partial charge in [0.2, 0.25) is 0 Å². The van der Waals surface area contributed by atoms with E-state index >= 15 is 0 Å². The van der Waals surface area contributed by atoms with Gasteiger partial charge in [-0.1, -0.05) is 36.4 Å². The highest BCUT2D eigenvalue weighted by Gasteiger charge is 2.25. The van der Waals surface area contributed by atoms with Crippen LogP contribution in [-0.4, -0.2) is 20.9 Å². The second-order valence-electron chi connectivity index (χ2n) is 6.24. The number of pyridine rings is 1. The number of nitrogens with zero attached hydrogens (tertiary/aromatic N) is 2. The zero-order chi connectivity index (χ0) is 18.1. The minimum absolute atomic E-state index is 0.0968. The summed E-state index contributed by atoms with van der Waals surface area (Å²) >= 11 is 0. The van der Waals surface area contributed by atoms with Gasteiger partial charge in [0.25, 0.3) is 5.91 Å². The summed E-state index contributed by atoms with van der Waals surface area (Å²) in [6.07, 6.45) is 0. The van der Waals surface area contributed by atoms with E-state index in [0.29, 0.717) is 30.3 Å². The summed E-state index contributed by atoms with van der Waals surface area (Å²) in [6.45, 7) is 1.13. The number of benzene rings is 2. The van der Waals surface area contributed by atoms with E-state index in [1.165, 1.54) is 0 Å². The van der Waals surface area contributed by atoms with Crippen LogP contribution in [0.4, 0.5) is 17.2 Å². The normalized spacial score (nSPS) is 12.7. The summed E-state index contributed by atoms with van der Waals surface area (Å²) in [4.78, 5) is 19.0. The number of hydrogen-bond acceptors (Lipinski definition) is 5. The Labute approximate surface area is 150 Å². The molecule has 0 unspecified atom stereocenters. The van der Waals surface area contributed by atoms with Crippen LogP contribution < -0.4 is 11.1 Å². The first kappa shape index (κ1) is 16.0. The van der Waals surface area contributed by atoms with Crippen LogP contribution in [0.15, 0.2) is 60.7 Å². The number of anilines is 3. The van der Waals surface area contributed by atoms with Crippen LogP contribution in [0.5, 0.6) is 5.75 Å². The molecule has 130 valence electrons. The number of para-hydroxylation sites is 2. The van der Waals surface area contributed by atoms with Crippen molar-refractivity contribution in [1.82, 2.24) is 9.88 Å². The molecule has 1 amide bonds. The Morgan fingerprint density at radius 2 is 1.69 bits per heavy atom. The number of carbonyl (C=O) groups excluding carboxylic acids is 1. The highest BCUT2D eigenvalue weighted by Crippen LogP contribution is 2.27. The number of nitrogens with one attached hydrogen (secondary N) is 1. The van der Waals surface area contributed by atoms with Crippen LogP contribution in [0.25, 0.3) is 0 Å². The van der Waals surface area contributed by atoms with Crippen molar-refractivity contribution in [2.75, 3.05) is 11.1 Å². The molecule has 4 N–H and O–H groups in total. The molecule has 6 nitrogen and oxygen atoms in total. The maximum absolute atomic E-state index is 12.9. The number of carbonyl (C=O) groups is 1. The van der Waals surface area contributed by atoms with Crippen molar-refractivity contribution in [3.63, 3.8) is 0 Å². The molecular formula is C20H18N4O2. The van der Waals surface area contributed by atoms with E-state index < -0.39 is 0 Å². The Bertz CT molecular complexity index is 962. The lowest BCUT2D eigenvalue weighted by Crippen LogP contribution is -2.26. The molecule has 3 aromatic rings. The standard InChI is InChI=1S/C20H18N4O2/c21-15-9-17(20(26)24-11-13-5-1-2-6-14(13)12-24)23-19(10-15)22-16-7-3-4-8-18(16)25/h1-10,25H,11-12H2,(H3,21,22,23). The number of aromatic hydroxyl groups is 1.